The molecule has 1 saturated heterocycles. The number of nitrogens with zero attached hydrogens (tertiary/aromatic N) is 2. The Morgan fingerprint density at radius 2 is 2.00 bits per heavy atom. The number of carboxylic acid groups (broad SMARTS) is 1. The van der Waals surface area contributed by atoms with Crippen molar-refractivity contribution in [3.05, 3.63) is 41.7 Å². The summed E-state index contributed by atoms with van der Waals surface area (Å²) in [5.41, 5.74) is 3.41. The van der Waals surface area contributed by atoms with Gasteiger partial charge < -0.3 is 9.63 Å². The van der Waals surface area contributed by atoms with Crippen LogP contribution in [0.15, 0.2) is 34.9 Å². The van der Waals surface area contributed by atoms with Crippen molar-refractivity contribution in [2.45, 2.75) is 66.3 Å². The fourth-order valence-electron chi connectivity index (χ4n) is 4.76. The molecule has 2 unspecified atom stereocenters. The summed E-state index contributed by atoms with van der Waals surface area (Å²) in [6, 6.07) is 10.6. The molecule has 0 amide bonds. The van der Waals surface area contributed by atoms with E-state index in [2.05, 4.69) is 67.4 Å². The molecule has 2 fully saturated rings. The zero-order valence-corrected chi connectivity index (χ0v) is 20.5. The van der Waals surface area contributed by atoms with E-state index >= 15 is 0 Å². The first-order valence-corrected chi connectivity index (χ1v) is 12.1. The van der Waals surface area contributed by atoms with Gasteiger partial charge in [-0.15, -0.1) is 12.3 Å². The highest BCUT2D eigenvalue weighted by molar-refractivity contribution is 5.70. The van der Waals surface area contributed by atoms with Crippen LogP contribution in [0.3, 0.4) is 0 Å². The SMILES string of the molecule is C#CC.CC(C)(C)C1CC(C(=O)O)CN(Cc2cc(-c3cccc(CC4CCC4)c3)no2)C1. The summed E-state index contributed by atoms with van der Waals surface area (Å²) in [6.07, 6.45) is 10.6. The van der Waals surface area contributed by atoms with Crippen molar-refractivity contribution in [2.24, 2.45) is 23.2 Å². The molecule has 5 heteroatoms. The van der Waals surface area contributed by atoms with Crippen LogP contribution in [0.4, 0.5) is 0 Å². The Morgan fingerprint density at radius 3 is 2.61 bits per heavy atom. The molecule has 1 aromatic heterocycles. The molecule has 4 rings (SSSR count). The van der Waals surface area contributed by atoms with Crippen LogP contribution >= 0.6 is 0 Å². The van der Waals surface area contributed by atoms with Crippen LogP contribution in [0.5, 0.6) is 0 Å². The van der Waals surface area contributed by atoms with Crippen LogP contribution in [0, 0.1) is 35.5 Å². The molecule has 2 atom stereocenters. The van der Waals surface area contributed by atoms with E-state index in [1.807, 2.05) is 6.07 Å². The van der Waals surface area contributed by atoms with Gasteiger partial charge in [0.25, 0.3) is 0 Å². The Bertz CT molecular complexity index is 962. The summed E-state index contributed by atoms with van der Waals surface area (Å²) in [4.78, 5) is 13.9. The number of piperidine rings is 1. The molecule has 1 saturated carbocycles. The quantitative estimate of drug-likeness (QED) is 0.556. The van der Waals surface area contributed by atoms with E-state index in [1.54, 1.807) is 6.92 Å². The zero-order chi connectivity index (χ0) is 24.0. The Kier molecular flexibility index (Phi) is 8.37. The lowest BCUT2D eigenvalue weighted by Gasteiger charge is -2.41. The fourth-order valence-corrected chi connectivity index (χ4v) is 4.76. The highest BCUT2D eigenvalue weighted by Gasteiger charge is 2.37. The molecule has 0 radical (unpaired) electrons. The van der Waals surface area contributed by atoms with E-state index in [9.17, 15) is 9.90 Å². The maximum absolute atomic E-state index is 11.7. The highest BCUT2D eigenvalue weighted by atomic mass is 16.5. The Balaban J connectivity index is 0.000000968. The molecule has 0 spiro atoms. The molecule has 2 aromatic rings. The minimum atomic E-state index is -0.699. The van der Waals surface area contributed by atoms with Gasteiger partial charge in [0.15, 0.2) is 5.76 Å². The largest absolute Gasteiger partial charge is 0.481 e. The predicted molar refractivity (Wildman–Crippen MR) is 131 cm³/mol. The van der Waals surface area contributed by atoms with E-state index in [1.165, 1.54) is 24.8 Å². The maximum Gasteiger partial charge on any atom is 0.307 e. The van der Waals surface area contributed by atoms with Crippen molar-refractivity contribution < 1.29 is 14.4 Å². The van der Waals surface area contributed by atoms with Gasteiger partial charge >= 0.3 is 5.97 Å². The molecular weight excluding hydrogens is 412 g/mol. The second-order valence-electron chi connectivity index (χ2n) is 10.7. The van der Waals surface area contributed by atoms with Crippen LogP contribution in [-0.4, -0.2) is 34.2 Å². The molecule has 2 aliphatic rings. The molecule has 2 heterocycles. The number of likely N-dealkylation sites (tertiary alicyclic amines) is 1. The summed E-state index contributed by atoms with van der Waals surface area (Å²) in [5.74, 6) is 3.21. The summed E-state index contributed by atoms with van der Waals surface area (Å²) in [6.45, 7) is 10.3. The molecule has 1 N–H and O–H groups in total. The second-order valence-corrected chi connectivity index (χ2v) is 10.7. The number of hydrogen-bond donors (Lipinski definition) is 1. The van der Waals surface area contributed by atoms with Crippen LogP contribution < -0.4 is 0 Å². The minimum absolute atomic E-state index is 0.0832. The van der Waals surface area contributed by atoms with E-state index in [0.29, 0.717) is 19.0 Å². The van der Waals surface area contributed by atoms with Gasteiger partial charge in [-0.3, -0.25) is 9.69 Å². The van der Waals surface area contributed by atoms with E-state index in [-0.39, 0.29) is 11.3 Å². The third kappa shape index (κ3) is 6.95. The summed E-state index contributed by atoms with van der Waals surface area (Å²) >= 11 is 0. The number of terminal acetylenes is 1. The van der Waals surface area contributed by atoms with Crippen LogP contribution in [0.2, 0.25) is 0 Å². The number of benzene rings is 1. The molecule has 1 aliphatic carbocycles. The van der Waals surface area contributed by atoms with Crippen molar-refractivity contribution in [3.63, 3.8) is 0 Å². The normalized spacial score (nSPS) is 21.4. The van der Waals surface area contributed by atoms with Crippen LogP contribution in [0.25, 0.3) is 11.3 Å². The number of aromatic nitrogens is 1. The zero-order valence-electron chi connectivity index (χ0n) is 20.5. The first-order valence-electron chi connectivity index (χ1n) is 12.1. The molecule has 0 bridgehead atoms. The molecular formula is C28H38N2O3. The van der Waals surface area contributed by atoms with Gasteiger partial charge in [0, 0.05) is 24.7 Å². The lowest BCUT2D eigenvalue weighted by molar-refractivity contribution is -0.145. The average molecular weight is 451 g/mol. The summed E-state index contributed by atoms with van der Waals surface area (Å²) < 4.78 is 5.65. The number of rotatable bonds is 6. The van der Waals surface area contributed by atoms with Gasteiger partial charge in [-0.2, -0.15) is 0 Å². The van der Waals surface area contributed by atoms with Gasteiger partial charge in [-0.1, -0.05) is 63.4 Å². The third-order valence-electron chi connectivity index (χ3n) is 7.01. The fraction of sp³-hybridized carbons (Fsp3) is 0.571. The standard InChI is InChI=1S/C25H34N2O3.C3H4/c1-25(2,3)21-12-20(24(28)29)14-27(15-21)16-22-13-23(26-30-22)19-9-5-8-18(11-19)10-17-6-4-7-17;1-3-2/h5,8-9,11,13,17,20-21H,4,6-7,10,12,14-16H2,1-3H3,(H,28,29);1H,2H3. The predicted octanol–water partition coefficient (Wildman–Crippen LogP) is 5.89. The van der Waals surface area contributed by atoms with Crippen molar-refractivity contribution >= 4 is 5.97 Å². The number of carboxylic acids is 1. The highest BCUT2D eigenvalue weighted by Crippen LogP contribution is 2.36. The average Bonchev–Trinajstić information content (AvgIpc) is 3.19. The minimum Gasteiger partial charge on any atom is -0.481 e. The molecule has 33 heavy (non-hydrogen) atoms. The van der Waals surface area contributed by atoms with Crippen LogP contribution in [0.1, 0.15) is 64.7 Å². The topological polar surface area (TPSA) is 66.6 Å². The molecule has 5 nitrogen and oxygen atoms in total. The first-order chi connectivity index (χ1) is 15.7. The number of hydrogen-bond acceptors (Lipinski definition) is 4. The number of carbonyl (C=O) groups is 1. The second kappa shape index (κ2) is 11.0. The van der Waals surface area contributed by atoms with Gasteiger partial charge in [-0.25, -0.2) is 0 Å². The lowest BCUT2D eigenvalue weighted by Crippen LogP contribution is -2.46. The van der Waals surface area contributed by atoms with Crippen molar-refractivity contribution in [3.8, 4) is 23.6 Å². The van der Waals surface area contributed by atoms with Gasteiger partial charge in [0.05, 0.1) is 12.5 Å². The van der Waals surface area contributed by atoms with Crippen molar-refractivity contribution in [1.29, 1.82) is 0 Å². The first kappa shape index (κ1) is 25.1. The lowest BCUT2D eigenvalue weighted by atomic mass is 9.73. The maximum atomic E-state index is 11.7. The van der Waals surface area contributed by atoms with Crippen molar-refractivity contribution in [1.82, 2.24) is 10.1 Å². The van der Waals surface area contributed by atoms with Gasteiger partial charge in [0.1, 0.15) is 5.69 Å². The van der Waals surface area contributed by atoms with Gasteiger partial charge in [0.2, 0.25) is 0 Å². The van der Waals surface area contributed by atoms with E-state index in [0.717, 1.165) is 42.3 Å². The Morgan fingerprint density at radius 1 is 1.27 bits per heavy atom. The third-order valence-corrected chi connectivity index (χ3v) is 7.01. The summed E-state index contributed by atoms with van der Waals surface area (Å²) in [5, 5.41) is 13.9. The van der Waals surface area contributed by atoms with Gasteiger partial charge in [-0.05, 0) is 48.6 Å². The van der Waals surface area contributed by atoms with E-state index < -0.39 is 5.97 Å². The number of aliphatic carboxylic acids is 1. The molecule has 178 valence electrons. The monoisotopic (exact) mass is 450 g/mol. The molecule has 1 aromatic carbocycles. The Hall–Kier alpha value is -2.58. The van der Waals surface area contributed by atoms with E-state index in [4.69, 9.17) is 4.52 Å². The molecule has 1 aliphatic heterocycles. The Labute approximate surface area is 198 Å². The van der Waals surface area contributed by atoms with Crippen molar-refractivity contribution in [2.75, 3.05) is 13.1 Å². The van der Waals surface area contributed by atoms with Crippen LogP contribution in [-0.2, 0) is 17.8 Å². The summed E-state index contributed by atoms with van der Waals surface area (Å²) in [7, 11) is 0. The smallest absolute Gasteiger partial charge is 0.307 e.